The van der Waals surface area contributed by atoms with Crippen molar-refractivity contribution in [2.75, 3.05) is 7.11 Å². The summed E-state index contributed by atoms with van der Waals surface area (Å²) in [4.78, 5) is 0. The van der Waals surface area contributed by atoms with Crippen LogP contribution in [0.5, 0.6) is 0 Å². The van der Waals surface area contributed by atoms with Gasteiger partial charge in [-0.3, -0.25) is 0 Å². The van der Waals surface area contributed by atoms with Gasteiger partial charge in [-0.25, -0.2) is 0 Å². The molecule has 14 heavy (non-hydrogen) atoms. The van der Waals surface area contributed by atoms with E-state index in [2.05, 4.69) is 18.2 Å². The van der Waals surface area contributed by atoms with Crippen molar-refractivity contribution in [1.29, 1.82) is 0 Å². The summed E-state index contributed by atoms with van der Waals surface area (Å²) in [6.45, 7) is 0. The molecule has 0 atom stereocenters. The lowest BCUT2D eigenvalue weighted by atomic mass is 10.1. The molecular formula is C13H12O. The molecule has 0 saturated carbocycles. The van der Waals surface area contributed by atoms with Gasteiger partial charge < -0.3 is 4.74 Å². The van der Waals surface area contributed by atoms with Crippen molar-refractivity contribution < 1.29 is 4.74 Å². The Morgan fingerprint density at radius 2 is 1.64 bits per heavy atom. The maximum Gasteiger partial charge on any atom is 0.126 e. The molecule has 0 aliphatic heterocycles. The third-order valence-corrected chi connectivity index (χ3v) is 2.19. The van der Waals surface area contributed by atoms with Crippen molar-refractivity contribution >= 4 is 0 Å². The Labute approximate surface area is 84.1 Å². The van der Waals surface area contributed by atoms with E-state index in [4.69, 9.17) is 4.74 Å². The molecule has 0 aromatic heterocycles. The lowest BCUT2D eigenvalue weighted by Gasteiger charge is -2.06. The van der Waals surface area contributed by atoms with Crippen LogP contribution in [-0.2, 0) is 4.74 Å². The highest BCUT2D eigenvalue weighted by Gasteiger charge is 2.07. The summed E-state index contributed by atoms with van der Waals surface area (Å²) in [6.07, 6.45) is 18.3. The van der Waals surface area contributed by atoms with E-state index in [1.165, 1.54) is 5.57 Å². The van der Waals surface area contributed by atoms with Crippen molar-refractivity contribution in [3.8, 4) is 0 Å². The van der Waals surface area contributed by atoms with E-state index in [0.717, 1.165) is 11.3 Å². The highest BCUT2D eigenvalue weighted by atomic mass is 16.5. The smallest absolute Gasteiger partial charge is 0.126 e. The van der Waals surface area contributed by atoms with E-state index in [-0.39, 0.29) is 0 Å². The number of hydrogen-bond acceptors (Lipinski definition) is 1. The molecule has 1 nitrogen and oxygen atoms in total. The summed E-state index contributed by atoms with van der Waals surface area (Å²) in [5.74, 6) is 0.904. The molecular weight excluding hydrogens is 172 g/mol. The highest BCUT2D eigenvalue weighted by molar-refractivity contribution is 5.55. The van der Waals surface area contributed by atoms with Gasteiger partial charge in [-0.1, -0.05) is 48.6 Å². The Morgan fingerprint density at radius 3 is 2.50 bits per heavy atom. The number of fused-ring (bicyclic) bond motifs is 1. The molecule has 0 heterocycles. The van der Waals surface area contributed by atoms with E-state index >= 15 is 0 Å². The van der Waals surface area contributed by atoms with E-state index in [1.807, 2.05) is 36.5 Å². The minimum absolute atomic E-state index is 0.904. The Hall–Kier alpha value is -1.76. The molecule has 0 fully saturated rings. The van der Waals surface area contributed by atoms with Crippen LogP contribution in [0.4, 0.5) is 0 Å². The Balaban J connectivity index is 2.56. The first-order valence-corrected chi connectivity index (χ1v) is 4.60. The van der Waals surface area contributed by atoms with E-state index in [0.29, 0.717) is 0 Å². The van der Waals surface area contributed by atoms with Gasteiger partial charge in [0.15, 0.2) is 0 Å². The molecule has 70 valence electrons. The van der Waals surface area contributed by atoms with Gasteiger partial charge in [0, 0.05) is 5.57 Å². The lowest BCUT2D eigenvalue weighted by molar-refractivity contribution is 0.304. The van der Waals surface area contributed by atoms with E-state index < -0.39 is 0 Å². The monoisotopic (exact) mass is 184 g/mol. The quantitative estimate of drug-likeness (QED) is 0.608. The number of ether oxygens (including phenoxy) is 1. The predicted molar refractivity (Wildman–Crippen MR) is 58.7 cm³/mol. The summed E-state index contributed by atoms with van der Waals surface area (Å²) in [5, 5.41) is 0. The molecule has 1 heteroatoms. The molecule has 2 aliphatic rings. The van der Waals surface area contributed by atoms with Gasteiger partial charge in [-0.15, -0.1) is 0 Å². The number of allylic oxidation sites excluding steroid dienone is 11. The second kappa shape index (κ2) is 3.97. The van der Waals surface area contributed by atoms with Crippen LogP contribution in [0.2, 0.25) is 0 Å². The molecule has 0 spiro atoms. The van der Waals surface area contributed by atoms with Crippen LogP contribution in [-0.4, -0.2) is 7.11 Å². The van der Waals surface area contributed by atoms with E-state index in [1.54, 1.807) is 7.11 Å². The Bertz CT molecular complexity index is 401. The van der Waals surface area contributed by atoms with Crippen molar-refractivity contribution in [1.82, 2.24) is 0 Å². The zero-order valence-electron chi connectivity index (χ0n) is 8.10. The fourth-order valence-corrected chi connectivity index (χ4v) is 1.50. The first kappa shape index (κ1) is 8.82. The third-order valence-electron chi connectivity index (χ3n) is 2.19. The molecule has 2 aliphatic carbocycles. The number of methoxy groups -OCH3 is 1. The van der Waals surface area contributed by atoms with Gasteiger partial charge in [0.2, 0.25) is 0 Å². The maximum absolute atomic E-state index is 5.33. The van der Waals surface area contributed by atoms with Crippen molar-refractivity contribution in [2.24, 2.45) is 0 Å². The third kappa shape index (κ3) is 1.62. The second-order valence-corrected chi connectivity index (χ2v) is 3.07. The SMILES string of the molecule is COC1=C2C=CC=CC=C2C=CC=C1. The van der Waals surface area contributed by atoms with Crippen LogP contribution >= 0.6 is 0 Å². The first-order chi connectivity index (χ1) is 6.92. The summed E-state index contributed by atoms with van der Waals surface area (Å²) in [6, 6.07) is 0. The van der Waals surface area contributed by atoms with Gasteiger partial charge in [-0.2, -0.15) is 0 Å². The maximum atomic E-state index is 5.33. The molecule has 0 bridgehead atoms. The van der Waals surface area contributed by atoms with Gasteiger partial charge in [-0.05, 0) is 11.6 Å². The molecule has 2 rings (SSSR count). The molecule has 0 amide bonds. The Morgan fingerprint density at radius 1 is 0.857 bits per heavy atom. The highest BCUT2D eigenvalue weighted by Crippen LogP contribution is 2.23. The second-order valence-electron chi connectivity index (χ2n) is 3.07. The van der Waals surface area contributed by atoms with Crippen LogP contribution < -0.4 is 0 Å². The zero-order valence-corrected chi connectivity index (χ0v) is 8.10. The summed E-state index contributed by atoms with van der Waals surface area (Å²) < 4.78 is 5.33. The normalized spacial score (nSPS) is 18.8. The summed E-state index contributed by atoms with van der Waals surface area (Å²) in [5.41, 5.74) is 2.30. The van der Waals surface area contributed by atoms with Gasteiger partial charge in [0.25, 0.3) is 0 Å². The predicted octanol–water partition coefficient (Wildman–Crippen LogP) is 3.07. The number of hydrogen-bond donors (Lipinski definition) is 0. The van der Waals surface area contributed by atoms with Crippen LogP contribution in [0.1, 0.15) is 0 Å². The average molecular weight is 184 g/mol. The molecule has 0 radical (unpaired) electrons. The molecule has 0 N–H and O–H groups in total. The minimum Gasteiger partial charge on any atom is -0.496 e. The van der Waals surface area contributed by atoms with Crippen molar-refractivity contribution in [3.05, 3.63) is 71.6 Å². The fraction of sp³-hybridized carbons (Fsp3) is 0.0769. The van der Waals surface area contributed by atoms with Crippen LogP contribution in [0.15, 0.2) is 71.6 Å². The lowest BCUT2D eigenvalue weighted by Crippen LogP contribution is -1.90. The largest absolute Gasteiger partial charge is 0.496 e. The summed E-state index contributed by atoms with van der Waals surface area (Å²) in [7, 11) is 1.70. The molecule has 0 aromatic rings. The van der Waals surface area contributed by atoms with Gasteiger partial charge in [0.05, 0.1) is 7.11 Å². The first-order valence-electron chi connectivity index (χ1n) is 4.60. The average Bonchev–Trinajstić information content (AvgIpc) is 2.51. The van der Waals surface area contributed by atoms with Crippen LogP contribution in [0, 0.1) is 0 Å². The molecule has 0 saturated heterocycles. The molecule has 0 unspecified atom stereocenters. The van der Waals surface area contributed by atoms with Crippen molar-refractivity contribution in [3.63, 3.8) is 0 Å². The number of rotatable bonds is 1. The topological polar surface area (TPSA) is 9.23 Å². The standard InChI is InChI=1S/C13H12O/c1-14-13-10-6-5-8-11-7-3-2-4-9-12(11)13/h2-10H,1H3. The zero-order chi connectivity index (χ0) is 9.80. The van der Waals surface area contributed by atoms with Crippen LogP contribution in [0.3, 0.4) is 0 Å². The summed E-state index contributed by atoms with van der Waals surface area (Å²) >= 11 is 0. The van der Waals surface area contributed by atoms with Crippen molar-refractivity contribution in [2.45, 2.75) is 0 Å². The Kier molecular flexibility index (Phi) is 2.50. The molecule has 0 aromatic carbocycles. The van der Waals surface area contributed by atoms with Gasteiger partial charge in [0.1, 0.15) is 5.76 Å². The van der Waals surface area contributed by atoms with Gasteiger partial charge >= 0.3 is 0 Å². The van der Waals surface area contributed by atoms with Crippen LogP contribution in [0.25, 0.3) is 0 Å². The minimum atomic E-state index is 0.904. The van der Waals surface area contributed by atoms with E-state index in [9.17, 15) is 0 Å². The fourth-order valence-electron chi connectivity index (χ4n) is 1.50.